The zero-order valence-corrected chi connectivity index (χ0v) is 19.1. The molecule has 0 saturated carbocycles. The van der Waals surface area contributed by atoms with E-state index in [9.17, 15) is 4.79 Å². The summed E-state index contributed by atoms with van der Waals surface area (Å²) in [5, 5.41) is 5.80. The third-order valence-corrected chi connectivity index (χ3v) is 5.91. The molecule has 5 nitrogen and oxygen atoms in total. The number of thiazole rings is 1. The molecule has 2 aromatic carbocycles. The van der Waals surface area contributed by atoms with Gasteiger partial charge in [0.05, 0.1) is 11.4 Å². The average molecular weight is 444 g/mol. The summed E-state index contributed by atoms with van der Waals surface area (Å²) in [6.45, 7) is 6.03. The zero-order chi connectivity index (χ0) is 22.5. The number of carbonyl (C=O) groups excluding carboxylic acids is 1. The first kappa shape index (κ1) is 21.7. The number of benzene rings is 2. The maximum atomic E-state index is 12.7. The third-order valence-electron chi connectivity index (χ3n) is 5.04. The van der Waals surface area contributed by atoms with Crippen LogP contribution in [0.15, 0.2) is 78.3 Å². The first-order valence-corrected chi connectivity index (χ1v) is 11.4. The molecular formula is C26H25N3O2S. The smallest absolute Gasteiger partial charge is 0.265 e. The van der Waals surface area contributed by atoms with Gasteiger partial charge in [-0.3, -0.25) is 9.78 Å². The second kappa shape index (κ2) is 9.75. The Labute approximate surface area is 192 Å². The fraction of sp³-hybridized carbons (Fsp3) is 0.192. The van der Waals surface area contributed by atoms with Gasteiger partial charge in [-0.05, 0) is 54.8 Å². The van der Waals surface area contributed by atoms with Gasteiger partial charge in [0.25, 0.3) is 5.91 Å². The van der Waals surface area contributed by atoms with Crippen molar-refractivity contribution in [2.75, 3.05) is 5.32 Å². The summed E-state index contributed by atoms with van der Waals surface area (Å²) in [5.74, 6) is 0.924. The molecule has 0 aliphatic heterocycles. The maximum Gasteiger partial charge on any atom is 0.265 e. The van der Waals surface area contributed by atoms with E-state index in [1.807, 2.05) is 72.1 Å². The lowest BCUT2D eigenvalue weighted by Gasteiger charge is -2.16. The van der Waals surface area contributed by atoms with Crippen LogP contribution in [-0.2, 0) is 4.79 Å². The van der Waals surface area contributed by atoms with Crippen LogP contribution in [0.5, 0.6) is 5.75 Å². The number of hydrogen-bond acceptors (Lipinski definition) is 5. The largest absolute Gasteiger partial charge is 0.481 e. The quantitative estimate of drug-likeness (QED) is 0.359. The Morgan fingerprint density at radius 2 is 1.78 bits per heavy atom. The van der Waals surface area contributed by atoms with Gasteiger partial charge in [0.15, 0.2) is 6.10 Å². The van der Waals surface area contributed by atoms with Gasteiger partial charge in [-0.25, -0.2) is 4.98 Å². The van der Waals surface area contributed by atoms with Gasteiger partial charge in [0, 0.05) is 22.8 Å². The summed E-state index contributed by atoms with van der Waals surface area (Å²) in [6.07, 6.45) is 1.13. The lowest BCUT2D eigenvalue weighted by Crippen LogP contribution is -2.30. The van der Waals surface area contributed by atoms with Crippen LogP contribution < -0.4 is 10.1 Å². The summed E-state index contributed by atoms with van der Waals surface area (Å²) in [6, 6.07) is 21.3. The van der Waals surface area contributed by atoms with Crippen molar-refractivity contribution >= 4 is 22.9 Å². The number of rotatable bonds is 7. The molecule has 0 spiro atoms. The number of nitrogens with zero attached hydrogens (tertiary/aromatic N) is 2. The van der Waals surface area contributed by atoms with Crippen molar-refractivity contribution in [3.05, 3.63) is 83.9 Å². The van der Waals surface area contributed by atoms with E-state index in [0.29, 0.717) is 17.4 Å². The van der Waals surface area contributed by atoms with Crippen molar-refractivity contribution in [1.29, 1.82) is 0 Å². The van der Waals surface area contributed by atoms with Crippen LogP contribution >= 0.6 is 11.3 Å². The standard InChI is InChI=1S/C26H25N3O2S/c1-17(2)19-10-12-22(13-11-19)31-18(3)25(30)28-21-8-6-7-20(15-21)24-16-32-26(29-24)23-9-4-5-14-27-23/h4-18H,1-3H3,(H,28,30). The third kappa shape index (κ3) is 5.21. The second-order valence-corrected chi connectivity index (χ2v) is 8.66. The molecule has 162 valence electrons. The van der Waals surface area contributed by atoms with Gasteiger partial charge in [-0.15, -0.1) is 11.3 Å². The van der Waals surface area contributed by atoms with Crippen LogP contribution in [-0.4, -0.2) is 22.0 Å². The van der Waals surface area contributed by atoms with Gasteiger partial charge in [0.1, 0.15) is 10.8 Å². The Kier molecular flexibility index (Phi) is 6.61. The molecule has 4 aromatic rings. The second-order valence-electron chi connectivity index (χ2n) is 7.81. The normalized spacial score (nSPS) is 11.9. The average Bonchev–Trinajstić information content (AvgIpc) is 3.31. The minimum absolute atomic E-state index is 0.206. The van der Waals surface area contributed by atoms with Crippen LogP contribution in [0.4, 0.5) is 5.69 Å². The SMILES string of the molecule is CC(Oc1ccc(C(C)C)cc1)C(=O)Nc1cccc(-c2csc(-c3ccccn3)n2)c1. The number of hydrogen-bond donors (Lipinski definition) is 1. The fourth-order valence-electron chi connectivity index (χ4n) is 3.20. The van der Waals surface area contributed by atoms with E-state index in [1.165, 1.54) is 5.56 Å². The summed E-state index contributed by atoms with van der Waals surface area (Å²) in [7, 11) is 0. The van der Waals surface area contributed by atoms with Gasteiger partial charge in [-0.2, -0.15) is 0 Å². The number of aromatic nitrogens is 2. The summed E-state index contributed by atoms with van der Waals surface area (Å²) < 4.78 is 5.82. The maximum absolute atomic E-state index is 12.7. The molecule has 1 atom stereocenters. The highest BCUT2D eigenvalue weighted by atomic mass is 32.1. The van der Waals surface area contributed by atoms with E-state index >= 15 is 0 Å². The van der Waals surface area contributed by atoms with E-state index in [2.05, 4.69) is 24.1 Å². The predicted molar refractivity (Wildman–Crippen MR) is 130 cm³/mol. The van der Waals surface area contributed by atoms with Crippen molar-refractivity contribution in [3.8, 4) is 27.7 Å². The van der Waals surface area contributed by atoms with Crippen molar-refractivity contribution < 1.29 is 9.53 Å². The molecule has 1 N–H and O–H groups in total. The van der Waals surface area contributed by atoms with Crippen LogP contribution in [0.1, 0.15) is 32.3 Å². The Morgan fingerprint density at radius 3 is 2.50 bits per heavy atom. The fourth-order valence-corrected chi connectivity index (χ4v) is 4.01. The number of amides is 1. The summed E-state index contributed by atoms with van der Waals surface area (Å²) in [5.41, 5.74) is 4.56. The van der Waals surface area contributed by atoms with E-state index in [-0.39, 0.29) is 5.91 Å². The van der Waals surface area contributed by atoms with Gasteiger partial charge < -0.3 is 10.1 Å². The summed E-state index contributed by atoms with van der Waals surface area (Å²) >= 11 is 1.55. The van der Waals surface area contributed by atoms with Crippen molar-refractivity contribution in [2.24, 2.45) is 0 Å². The van der Waals surface area contributed by atoms with Gasteiger partial charge in [0.2, 0.25) is 0 Å². The monoisotopic (exact) mass is 443 g/mol. The molecule has 6 heteroatoms. The minimum Gasteiger partial charge on any atom is -0.481 e. The lowest BCUT2D eigenvalue weighted by atomic mass is 10.0. The molecule has 4 rings (SSSR count). The molecule has 1 amide bonds. The highest BCUT2D eigenvalue weighted by Gasteiger charge is 2.16. The molecule has 0 fully saturated rings. The van der Waals surface area contributed by atoms with E-state index in [1.54, 1.807) is 24.5 Å². The highest BCUT2D eigenvalue weighted by Crippen LogP contribution is 2.29. The topological polar surface area (TPSA) is 64.1 Å². The molecule has 0 aliphatic carbocycles. The number of nitrogens with one attached hydrogen (secondary N) is 1. The molecule has 0 radical (unpaired) electrons. The molecule has 32 heavy (non-hydrogen) atoms. The molecule has 2 aromatic heterocycles. The first-order valence-electron chi connectivity index (χ1n) is 10.5. The van der Waals surface area contributed by atoms with E-state index in [4.69, 9.17) is 9.72 Å². The molecule has 0 bridgehead atoms. The molecule has 0 saturated heterocycles. The van der Waals surface area contributed by atoms with E-state index in [0.717, 1.165) is 22.0 Å². The molecular weight excluding hydrogens is 418 g/mol. The number of pyridine rings is 1. The molecule has 0 aliphatic rings. The summed E-state index contributed by atoms with van der Waals surface area (Å²) in [4.78, 5) is 21.7. The van der Waals surface area contributed by atoms with E-state index < -0.39 is 6.10 Å². The predicted octanol–water partition coefficient (Wildman–Crippen LogP) is 6.40. The Balaban J connectivity index is 1.42. The molecule has 1 unspecified atom stereocenters. The Morgan fingerprint density at radius 1 is 0.969 bits per heavy atom. The number of carbonyl (C=O) groups is 1. The van der Waals surface area contributed by atoms with Crippen molar-refractivity contribution in [2.45, 2.75) is 32.8 Å². The number of anilines is 1. The van der Waals surface area contributed by atoms with Crippen LogP contribution in [0.3, 0.4) is 0 Å². The van der Waals surface area contributed by atoms with Gasteiger partial charge in [-0.1, -0.05) is 44.2 Å². The lowest BCUT2D eigenvalue weighted by molar-refractivity contribution is -0.122. The van der Waals surface area contributed by atoms with Crippen molar-refractivity contribution in [1.82, 2.24) is 9.97 Å². The molecule has 2 heterocycles. The zero-order valence-electron chi connectivity index (χ0n) is 18.3. The Bertz CT molecular complexity index is 1190. The Hall–Kier alpha value is -3.51. The number of ether oxygens (including phenoxy) is 1. The first-order chi connectivity index (χ1) is 15.5. The van der Waals surface area contributed by atoms with Crippen LogP contribution in [0, 0.1) is 0 Å². The van der Waals surface area contributed by atoms with Crippen LogP contribution in [0.2, 0.25) is 0 Å². The van der Waals surface area contributed by atoms with Crippen molar-refractivity contribution in [3.63, 3.8) is 0 Å². The minimum atomic E-state index is -0.626. The van der Waals surface area contributed by atoms with Gasteiger partial charge >= 0.3 is 0 Å². The highest BCUT2D eigenvalue weighted by molar-refractivity contribution is 7.13. The van der Waals surface area contributed by atoms with Crippen LogP contribution in [0.25, 0.3) is 22.0 Å².